The molecule has 0 heterocycles. The number of aryl methyl sites for hydroxylation is 1. The molecule has 130 valence electrons. The predicted molar refractivity (Wildman–Crippen MR) is 96.5 cm³/mol. The molecule has 0 saturated carbocycles. The van der Waals surface area contributed by atoms with Gasteiger partial charge in [-0.25, -0.2) is 0 Å². The van der Waals surface area contributed by atoms with Gasteiger partial charge in [0.25, 0.3) is 0 Å². The van der Waals surface area contributed by atoms with Crippen molar-refractivity contribution in [3.8, 4) is 5.75 Å². The van der Waals surface area contributed by atoms with Crippen LogP contribution in [0.2, 0.25) is 0 Å². The Morgan fingerprint density at radius 1 is 1.22 bits per heavy atom. The molecule has 0 fully saturated rings. The van der Waals surface area contributed by atoms with Crippen molar-refractivity contribution in [2.24, 2.45) is 4.99 Å². The Hall–Kier alpha value is -1.75. The average molecular weight is 321 g/mol. The fourth-order valence-corrected chi connectivity index (χ4v) is 2.16. The molecule has 0 atom stereocenters. The molecule has 2 N–H and O–H groups in total. The van der Waals surface area contributed by atoms with E-state index >= 15 is 0 Å². The molecule has 5 nitrogen and oxygen atoms in total. The van der Waals surface area contributed by atoms with E-state index in [2.05, 4.69) is 40.7 Å². The van der Waals surface area contributed by atoms with Gasteiger partial charge < -0.3 is 20.1 Å². The largest absolute Gasteiger partial charge is 0.496 e. The highest BCUT2D eigenvalue weighted by Crippen LogP contribution is 2.18. The molecule has 0 aliphatic rings. The van der Waals surface area contributed by atoms with E-state index < -0.39 is 0 Å². The second-order valence-electron chi connectivity index (χ2n) is 5.75. The van der Waals surface area contributed by atoms with Gasteiger partial charge in [0.2, 0.25) is 0 Å². The first-order valence-electron chi connectivity index (χ1n) is 8.26. The fraction of sp³-hybridized carbons (Fsp3) is 0.611. The number of nitrogens with one attached hydrogen (secondary N) is 2. The van der Waals surface area contributed by atoms with Crippen LogP contribution in [0.15, 0.2) is 23.2 Å². The van der Waals surface area contributed by atoms with Gasteiger partial charge in [-0.1, -0.05) is 12.1 Å². The van der Waals surface area contributed by atoms with Crippen LogP contribution in [-0.2, 0) is 11.2 Å². The van der Waals surface area contributed by atoms with E-state index in [0.29, 0.717) is 6.10 Å². The van der Waals surface area contributed by atoms with Crippen LogP contribution < -0.4 is 15.4 Å². The molecule has 0 aliphatic carbocycles. The summed E-state index contributed by atoms with van der Waals surface area (Å²) < 4.78 is 10.9. The van der Waals surface area contributed by atoms with Gasteiger partial charge in [0, 0.05) is 26.7 Å². The van der Waals surface area contributed by atoms with Crippen LogP contribution >= 0.6 is 0 Å². The summed E-state index contributed by atoms with van der Waals surface area (Å²) >= 11 is 0. The Labute approximate surface area is 140 Å². The van der Waals surface area contributed by atoms with Crippen LogP contribution in [0, 0.1) is 6.92 Å². The molecule has 0 unspecified atom stereocenters. The van der Waals surface area contributed by atoms with E-state index in [0.717, 1.165) is 49.8 Å². The molecule has 23 heavy (non-hydrogen) atoms. The molecule has 0 aromatic heterocycles. The molecule has 1 aromatic rings. The lowest BCUT2D eigenvalue weighted by Gasteiger charge is -2.13. The van der Waals surface area contributed by atoms with Crippen LogP contribution in [0.5, 0.6) is 5.75 Å². The Kier molecular flexibility index (Phi) is 9.14. The van der Waals surface area contributed by atoms with Gasteiger partial charge in [0.15, 0.2) is 5.96 Å². The number of guanidine groups is 1. The summed E-state index contributed by atoms with van der Waals surface area (Å²) in [6.45, 7) is 8.60. The van der Waals surface area contributed by atoms with E-state index in [-0.39, 0.29) is 0 Å². The second kappa shape index (κ2) is 10.9. The highest BCUT2D eigenvalue weighted by Gasteiger charge is 2.02. The maximum Gasteiger partial charge on any atom is 0.190 e. The zero-order chi connectivity index (χ0) is 17.1. The summed E-state index contributed by atoms with van der Waals surface area (Å²) in [4.78, 5) is 4.23. The number of hydrogen-bond donors (Lipinski definition) is 2. The van der Waals surface area contributed by atoms with Crippen LogP contribution in [0.4, 0.5) is 0 Å². The second-order valence-corrected chi connectivity index (χ2v) is 5.75. The first-order valence-corrected chi connectivity index (χ1v) is 8.26. The lowest BCUT2D eigenvalue weighted by atomic mass is 10.1. The number of aliphatic imine (C=N–C) groups is 1. The molecule has 0 spiro atoms. The molecule has 0 radical (unpaired) electrons. The highest BCUT2D eigenvalue weighted by atomic mass is 16.5. The summed E-state index contributed by atoms with van der Waals surface area (Å²) in [5, 5.41) is 6.62. The van der Waals surface area contributed by atoms with Crippen LogP contribution in [0.25, 0.3) is 0 Å². The van der Waals surface area contributed by atoms with Gasteiger partial charge in [-0.2, -0.15) is 0 Å². The van der Waals surface area contributed by atoms with Gasteiger partial charge >= 0.3 is 0 Å². The average Bonchev–Trinajstić information content (AvgIpc) is 2.54. The van der Waals surface area contributed by atoms with Gasteiger partial charge in [0.05, 0.1) is 13.2 Å². The molecule has 0 bridgehead atoms. The number of ether oxygens (including phenoxy) is 2. The summed E-state index contributed by atoms with van der Waals surface area (Å²) in [6, 6.07) is 6.32. The monoisotopic (exact) mass is 321 g/mol. The van der Waals surface area contributed by atoms with E-state index in [1.165, 1.54) is 5.56 Å². The van der Waals surface area contributed by atoms with Crippen molar-refractivity contribution in [1.82, 2.24) is 10.6 Å². The number of benzene rings is 1. The topological polar surface area (TPSA) is 54.9 Å². The van der Waals surface area contributed by atoms with E-state index in [1.54, 1.807) is 14.2 Å². The summed E-state index contributed by atoms with van der Waals surface area (Å²) in [7, 11) is 3.49. The molecular weight excluding hydrogens is 290 g/mol. The van der Waals surface area contributed by atoms with Crippen molar-refractivity contribution in [3.63, 3.8) is 0 Å². The van der Waals surface area contributed by atoms with Crippen molar-refractivity contribution < 1.29 is 9.47 Å². The minimum atomic E-state index is 0.291. The van der Waals surface area contributed by atoms with E-state index in [9.17, 15) is 0 Å². The fourth-order valence-electron chi connectivity index (χ4n) is 2.16. The molecule has 5 heteroatoms. The number of rotatable bonds is 9. The molecular formula is C18H31N3O2. The number of nitrogens with zero attached hydrogens (tertiary/aromatic N) is 1. The summed E-state index contributed by atoms with van der Waals surface area (Å²) in [5.41, 5.74) is 2.41. The SMILES string of the molecule is CN=C(NCCCOC(C)C)NCCc1ccc(C)c(OC)c1. The molecule has 1 rings (SSSR count). The Bertz CT molecular complexity index is 487. The highest BCUT2D eigenvalue weighted by molar-refractivity contribution is 5.79. The van der Waals surface area contributed by atoms with Gasteiger partial charge in [-0.3, -0.25) is 4.99 Å². The Balaban J connectivity index is 2.27. The molecule has 0 aliphatic heterocycles. The minimum Gasteiger partial charge on any atom is -0.496 e. The maximum atomic E-state index is 5.52. The van der Waals surface area contributed by atoms with Crippen molar-refractivity contribution in [2.45, 2.75) is 39.7 Å². The summed E-state index contributed by atoms with van der Waals surface area (Å²) in [6.07, 6.45) is 2.18. The number of hydrogen-bond acceptors (Lipinski definition) is 3. The first kappa shape index (κ1) is 19.3. The van der Waals surface area contributed by atoms with Gasteiger partial charge in [-0.15, -0.1) is 0 Å². The van der Waals surface area contributed by atoms with Crippen LogP contribution in [0.1, 0.15) is 31.4 Å². The van der Waals surface area contributed by atoms with E-state index in [1.807, 2.05) is 13.8 Å². The van der Waals surface area contributed by atoms with Crippen LogP contribution in [0.3, 0.4) is 0 Å². The molecule has 1 aromatic carbocycles. The quantitative estimate of drug-likeness (QED) is 0.417. The lowest BCUT2D eigenvalue weighted by molar-refractivity contribution is 0.0776. The zero-order valence-corrected chi connectivity index (χ0v) is 15.1. The standard InChI is InChI=1S/C18H31N3O2/c1-14(2)23-12-6-10-20-18(19-4)21-11-9-16-8-7-15(3)17(13-16)22-5/h7-8,13-14H,6,9-12H2,1-5H3,(H2,19,20,21). The van der Waals surface area contributed by atoms with Crippen molar-refractivity contribution in [2.75, 3.05) is 33.9 Å². The Morgan fingerprint density at radius 3 is 2.61 bits per heavy atom. The zero-order valence-electron chi connectivity index (χ0n) is 15.1. The Morgan fingerprint density at radius 2 is 1.96 bits per heavy atom. The third kappa shape index (κ3) is 7.88. The summed E-state index contributed by atoms with van der Waals surface area (Å²) in [5.74, 6) is 1.77. The normalized spacial score (nSPS) is 11.7. The smallest absolute Gasteiger partial charge is 0.190 e. The van der Waals surface area contributed by atoms with Crippen molar-refractivity contribution in [3.05, 3.63) is 29.3 Å². The van der Waals surface area contributed by atoms with Crippen molar-refractivity contribution >= 4 is 5.96 Å². The molecule has 0 amide bonds. The maximum absolute atomic E-state index is 5.52. The first-order chi connectivity index (χ1) is 11.1. The minimum absolute atomic E-state index is 0.291. The van der Waals surface area contributed by atoms with Gasteiger partial charge in [-0.05, 0) is 50.8 Å². The van der Waals surface area contributed by atoms with E-state index in [4.69, 9.17) is 9.47 Å². The third-order valence-corrected chi connectivity index (χ3v) is 3.47. The lowest BCUT2D eigenvalue weighted by Crippen LogP contribution is -2.39. The van der Waals surface area contributed by atoms with Gasteiger partial charge in [0.1, 0.15) is 5.75 Å². The predicted octanol–water partition coefficient (Wildman–Crippen LogP) is 2.53. The van der Waals surface area contributed by atoms with Crippen molar-refractivity contribution in [1.29, 1.82) is 0 Å². The number of methoxy groups -OCH3 is 1. The molecule has 0 saturated heterocycles. The van der Waals surface area contributed by atoms with Crippen LogP contribution in [-0.4, -0.2) is 45.9 Å². The third-order valence-electron chi connectivity index (χ3n) is 3.47.